The zero-order chi connectivity index (χ0) is 18.4. The quantitative estimate of drug-likeness (QED) is 0.340. The highest BCUT2D eigenvalue weighted by molar-refractivity contribution is 5.46. The molecule has 10 heteroatoms. The van der Waals surface area contributed by atoms with Gasteiger partial charge in [0.25, 0.3) is 5.69 Å². The number of rotatable bonds is 3. The highest BCUT2D eigenvalue weighted by atomic mass is 16.6. The summed E-state index contributed by atoms with van der Waals surface area (Å²) in [4.78, 5) is 10.0. The van der Waals surface area contributed by atoms with Crippen molar-refractivity contribution in [2.24, 2.45) is 0 Å². The van der Waals surface area contributed by atoms with E-state index in [1.54, 1.807) is 35.4 Å². The third kappa shape index (κ3) is 4.06. The Morgan fingerprint density at radius 1 is 0.885 bits per heavy atom. The van der Waals surface area contributed by atoms with E-state index in [0.717, 1.165) is 11.4 Å². The summed E-state index contributed by atoms with van der Waals surface area (Å²) >= 11 is 0. The lowest BCUT2D eigenvalue weighted by Crippen LogP contribution is -1.96. The van der Waals surface area contributed by atoms with Crippen LogP contribution in [0.5, 0.6) is 0 Å². The first-order valence-corrected chi connectivity index (χ1v) is 7.47. The average molecular weight is 350 g/mol. The number of anilines is 1. The molecule has 2 heterocycles. The molecule has 10 nitrogen and oxygen atoms in total. The molecule has 0 aliphatic heterocycles. The number of nitro benzene ring substituents is 1. The van der Waals surface area contributed by atoms with Gasteiger partial charge in [-0.1, -0.05) is 22.6 Å². The molecule has 2 aromatic carbocycles. The van der Waals surface area contributed by atoms with Gasteiger partial charge in [-0.15, -0.1) is 10.2 Å². The number of hydrogen-bond acceptors (Lipinski definition) is 7. The first-order valence-electron chi connectivity index (χ1n) is 7.47. The second-order valence-electron chi connectivity index (χ2n) is 5.07. The first-order chi connectivity index (χ1) is 12.6. The maximum Gasteiger partial charge on any atom is 0.271 e. The number of nitrogens with zero attached hydrogens (tertiary/aromatic N) is 7. The number of nitro groups is 1. The van der Waals surface area contributed by atoms with Crippen molar-refractivity contribution in [3.63, 3.8) is 0 Å². The van der Waals surface area contributed by atoms with E-state index in [9.17, 15) is 10.1 Å². The van der Waals surface area contributed by atoms with E-state index in [0.29, 0.717) is 5.69 Å². The van der Waals surface area contributed by atoms with Gasteiger partial charge in [0.15, 0.2) is 0 Å². The molecule has 0 unspecified atom stereocenters. The predicted octanol–water partition coefficient (Wildman–Crippen LogP) is 2.02. The number of aromatic nitrogens is 6. The van der Waals surface area contributed by atoms with Crippen molar-refractivity contribution in [3.05, 3.63) is 83.4 Å². The summed E-state index contributed by atoms with van der Waals surface area (Å²) in [6.45, 7) is 0. The van der Waals surface area contributed by atoms with Gasteiger partial charge in [-0.05, 0) is 24.3 Å². The molecule has 0 saturated carbocycles. The maximum atomic E-state index is 10.5. The van der Waals surface area contributed by atoms with Crippen molar-refractivity contribution in [3.8, 4) is 11.4 Å². The van der Waals surface area contributed by atoms with Crippen LogP contribution in [0.15, 0.2) is 73.3 Å². The average Bonchev–Trinajstić information content (AvgIpc) is 3.36. The van der Waals surface area contributed by atoms with E-state index in [-0.39, 0.29) is 5.69 Å². The molecule has 0 aliphatic carbocycles. The van der Waals surface area contributed by atoms with Gasteiger partial charge in [0.1, 0.15) is 0 Å². The lowest BCUT2D eigenvalue weighted by Gasteiger charge is -1.99. The van der Waals surface area contributed by atoms with Crippen LogP contribution >= 0.6 is 0 Å². The Morgan fingerprint density at radius 3 is 1.96 bits per heavy atom. The summed E-state index contributed by atoms with van der Waals surface area (Å²) in [6.07, 6.45) is 6.54. The molecule has 0 aliphatic rings. The summed E-state index contributed by atoms with van der Waals surface area (Å²) in [5, 5.41) is 25.4. The molecule has 2 N–H and O–H groups in total. The van der Waals surface area contributed by atoms with Crippen LogP contribution in [0.1, 0.15) is 0 Å². The zero-order valence-electron chi connectivity index (χ0n) is 13.5. The highest BCUT2D eigenvalue weighted by Crippen LogP contribution is 2.15. The summed E-state index contributed by atoms with van der Waals surface area (Å²) in [6, 6.07) is 13.7. The number of nitrogen functional groups attached to an aromatic ring is 1. The van der Waals surface area contributed by atoms with Crippen molar-refractivity contribution < 1.29 is 4.92 Å². The van der Waals surface area contributed by atoms with Gasteiger partial charge >= 0.3 is 0 Å². The van der Waals surface area contributed by atoms with Crippen molar-refractivity contribution >= 4 is 11.4 Å². The topological polar surface area (TPSA) is 131 Å². The molecular formula is C16H14N8O2. The van der Waals surface area contributed by atoms with Gasteiger partial charge in [0, 0.05) is 17.8 Å². The predicted molar refractivity (Wildman–Crippen MR) is 93.8 cm³/mol. The Kier molecular flexibility index (Phi) is 4.94. The summed E-state index contributed by atoms with van der Waals surface area (Å²) in [5.74, 6) is 0. The van der Waals surface area contributed by atoms with Crippen LogP contribution in [0.25, 0.3) is 11.4 Å². The van der Waals surface area contributed by atoms with E-state index in [4.69, 9.17) is 5.73 Å². The Hall–Kier alpha value is -4.08. The van der Waals surface area contributed by atoms with Gasteiger partial charge in [-0.25, -0.2) is 9.36 Å². The van der Waals surface area contributed by atoms with E-state index in [1.807, 2.05) is 24.3 Å². The Bertz CT molecular complexity index is 983. The number of non-ortho nitro benzene ring substituents is 1. The minimum absolute atomic E-state index is 0.0398. The fourth-order valence-corrected chi connectivity index (χ4v) is 2.11. The van der Waals surface area contributed by atoms with E-state index in [2.05, 4.69) is 20.6 Å². The molecule has 0 spiro atoms. The van der Waals surface area contributed by atoms with Crippen LogP contribution < -0.4 is 5.73 Å². The number of hydrogen-bond donors (Lipinski definition) is 1. The lowest BCUT2D eigenvalue weighted by atomic mass is 10.3. The standard InChI is InChI=1S/C8H6N4O2.C8H8N4/c13-12(14)8-3-1-2-7(6-8)11-5-4-9-10-11;9-7-2-1-3-8(6-7)12-5-4-10-11-12/h1-6H;1-6H,9H2. The van der Waals surface area contributed by atoms with E-state index in [1.165, 1.54) is 23.0 Å². The molecule has 26 heavy (non-hydrogen) atoms. The monoisotopic (exact) mass is 350 g/mol. The van der Waals surface area contributed by atoms with Gasteiger partial charge < -0.3 is 5.73 Å². The Labute approximate surface area is 147 Å². The molecule has 0 saturated heterocycles. The SMILES string of the molecule is Nc1cccc(-n2ccnn2)c1.O=[N+]([O-])c1cccc(-n2ccnn2)c1. The summed E-state index contributed by atoms with van der Waals surface area (Å²) in [5.41, 5.74) is 7.91. The second-order valence-corrected chi connectivity index (χ2v) is 5.07. The molecule has 0 radical (unpaired) electrons. The van der Waals surface area contributed by atoms with Crippen LogP contribution in [0, 0.1) is 10.1 Å². The van der Waals surface area contributed by atoms with Crippen LogP contribution in [-0.4, -0.2) is 34.9 Å². The molecule has 0 fully saturated rings. The van der Waals surface area contributed by atoms with Gasteiger partial charge in [0.2, 0.25) is 0 Å². The van der Waals surface area contributed by atoms with Crippen molar-refractivity contribution in [2.45, 2.75) is 0 Å². The fraction of sp³-hybridized carbons (Fsp3) is 0. The minimum Gasteiger partial charge on any atom is -0.399 e. The van der Waals surface area contributed by atoms with Gasteiger partial charge in [0.05, 0.1) is 41.1 Å². The second kappa shape index (κ2) is 7.66. The molecule has 130 valence electrons. The molecule has 4 rings (SSSR count). The molecule has 2 aromatic heterocycles. The van der Waals surface area contributed by atoms with Crippen LogP contribution in [0.3, 0.4) is 0 Å². The van der Waals surface area contributed by atoms with Crippen molar-refractivity contribution in [2.75, 3.05) is 5.73 Å². The van der Waals surface area contributed by atoms with E-state index >= 15 is 0 Å². The molecular weight excluding hydrogens is 336 g/mol. The zero-order valence-corrected chi connectivity index (χ0v) is 13.5. The summed E-state index contributed by atoms with van der Waals surface area (Å²) in [7, 11) is 0. The Morgan fingerprint density at radius 2 is 1.46 bits per heavy atom. The molecule has 4 aromatic rings. The smallest absolute Gasteiger partial charge is 0.271 e. The maximum absolute atomic E-state index is 10.5. The third-order valence-corrected chi connectivity index (χ3v) is 3.28. The lowest BCUT2D eigenvalue weighted by molar-refractivity contribution is -0.384. The van der Waals surface area contributed by atoms with Crippen LogP contribution in [0.4, 0.5) is 11.4 Å². The third-order valence-electron chi connectivity index (χ3n) is 3.28. The summed E-state index contributed by atoms with van der Waals surface area (Å²) < 4.78 is 3.13. The molecule has 0 bridgehead atoms. The van der Waals surface area contributed by atoms with E-state index < -0.39 is 4.92 Å². The fourth-order valence-electron chi connectivity index (χ4n) is 2.11. The Balaban J connectivity index is 0.000000152. The number of benzene rings is 2. The number of nitrogens with two attached hydrogens (primary N) is 1. The minimum atomic E-state index is -0.444. The van der Waals surface area contributed by atoms with Crippen molar-refractivity contribution in [1.82, 2.24) is 30.0 Å². The largest absolute Gasteiger partial charge is 0.399 e. The molecule has 0 atom stereocenters. The van der Waals surface area contributed by atoms with Crippen LogP contribution in [0.2, 0.25) is 0 Å². The molecule has 0 amide bonds. The first kappa shape index (κ1) is 16.8. The van der Waals surface area contributed by atoms with Gasteiger partial charge in [-0.2, -0.15) is 0 Å². The highest BCUT2D eigenvalue weighted by Gasteiger charge is 2.06. The normalized spacial score (nSPS) is 10.0. The van der Waals surface area contributed by atoms with Gasteiger partial charge in [-0.3, -0.25) is 10.1 Å². The van der Waals surface area contributed by atoms with Crippen molar-refractivity contribution in [1.29, 1.82) is 0 Å². The van der Waals surface area contributed by atoms with Crippen LogP contribution in [-0.2, 0) is 0 Å².